The Bertz CT molecular complexity index is 112. The second-order valence-corrected chi connectivity index (χ2v) is 3.57. The molecule has 0 aliphatic rings. The predicted octanol–water partition coefficient (Wildman–Crippen LogP) is 1.27. The Kier molecular flexibility index (Phi) is 3.90. The lowest BCUT2D eigenvalue weighted by atomic mass is 9.89. The average molecular weight is 158 g/mol. The third-order valence-electron chi connectivity index (χ3n) is 2.24. The molecule has 0 radical (unpaired) electrons. The van der Waals surface area contributed by atoms with Crippen molar-refractivity contribution in [3.05, 3.63) is 12.7 Å². The van der Waals surface area contributed by atoms with Crippen molar-refractivity contribution in [3.8, 4) is 0 Å². The minimum absolute atomic E-state index is 0.0357. The van der Waals surface area contributed by atoms with Crippen molar-refractivity contribution < 1.29 is 4.43 Å². The fourth-order valence-corrected chi connectivity index (χ4v) is 1.48. The second-order valence-electron chi connectivity index (χ2n) is 3.16. The Morgan fingerprint density at radius 2 is 2.20 bits per heavy atom. The van der Waals surface area contributed by atoms with E-state index in [9.17, 15) is 0 Å². The highest BCUT2D eigenvalue weighted by atomic mass is 28.2. The van der Waals surface area contributed by atoms with Crippen molar-refractivity contribution in [1.82, 2.24) is 0 Å². The first kappa shape index (κ1) is 9.92. The first-order chi connectivity index (χ1) is 4.56. The zero-order valence-electron chi connectivity index (χ0n) is 7.48. The fourth-order valence-electron chi connectivity index (χ4n) is 0.841. The lowest BCUT2D eigenvalue weighted by Gasteiger charge is -2.31. The van der Waals surface area contributed by atoms with Crippen LogP contribution in [-0.2, 0) is 4.43 Å². The van der Waals surface area contributed by atoms with E-state index in [1.54, 1.807) is 0 Å². The van der Waals surface area contributed by atoms with Gasteiger partial charge in [0.1, 0.15) is 10.5 Å². The van der Waals surface area contributed by atoms with Crippen LogP contribution in [0.5, 0.6) is 0 Å². The Morgan fingerprint density at radius 1 is 1.70 bits per heavy atom. The monoisotopic (exact) mass is 158 g/mol. The molecule has 2 heteroatoms. The van der Waals surface area contributed by atoms with Gasteiger partial charge in [-0.1, -0.05) is 19.9 Å². The van der Waals surface area contributed by atoms with Crippen molar-refractivity contribution in [2.45, 2.75) is 32.8 Å². The summed E-state index contributed by atoms with van der Waals surface area (Å²) in [6, 6.07) is 0. The molecule has 0 aromatic rings. The van der Waals surface area contributed by atoms with Crippen LogP contribution >= 0.6 is 0 Å². The highest BCUT2D eigenvalue weighted by Crippen LogP contribution is 2.24. The smallest absolute Gasteiger partial charge is 0.146 e. The van der Waals surface area contributed by atoms with E-state index in [0.29, 0.717) is 5.92 Å². The largest absolute Gasteiger partial charge is 0.422 e. The van der Waals surface area contributed by atoms with Crippen molar-refractivity contribution in [2.24, 2.45) is 5.92 Å². The summed E-state index contributed by atoms with van der Waals surface area (Å²) in [6.07, 6.45) is 2.88. The first-order valence-corrected chi connectivity index (χ1v) is 4.54. The van der Waals surface area contributed by atoms with Gasteiger partial charge >= 0.3 is 0 Å². The average Bonchev–Trinajstić information content (AvgIpc) is 1.88. The highest BCUT2D eigenvalue weighted by molar-refractivity contribution is 5.98. The highest BCUT2D eigenvalue weighted by Gasteiger charge is 2.24. The molecule has 0 saturated carbocycles. The summed E-state index contributed by atoms with van der Waals surface area (Å²) >= 11 is 0. The van der Waals surface area contributed by atoms with Gasteiger partial charge in [-0.2, -0.15) is 0 Å². The Labute approximate surface area is 67.0 Å². The molecular formula is C8H18OSi. The maximum absolute atomic E-state index is 5.51. The molecule has 1 unspecified atom stereocenters. The normalized spacial score (nSPS) is 17.2. The lowest BCUT2D eigenvalue weighted by molar-refractivity contribution is 0.0534. The van der Waals surface area contributed by atoms with Gasteiger partial charge in [0.25, 0.3) is 0 Å². The Hall–Kier alpha value is -0.0831. The lowest BCUT2D eigenvalue weighted by Crippen LogP contribution is -2.33. The molecule has 0 fully saturated rings. The summed E-state index contributed by atoms with van der Waals surface area (Å²) < 4.78 is 5.51. The summed E-state index contributed by atoms with van der Waals surface area (Å²) in [5, 5.41) is 0. The molecule has 0 aromatic carbocycles. The molecule has 0 aliphatic carbocycles. The third-order valence-corrected chi connectivity index (χ3v) is 3.17. The third kappa shape index (κ3) is 2.27. The molecule has 0 heterocycles. The quantitative estimate of drug-likeness (QED) is 0.442. The van der Waals surface area contributed by atoms with Gasteiger partial charge in [0.15, 0.2) is 0 Å². The SMILES string of the molecule is C=CCC(C)(O[SiH3])C(C)C. The standard InChI is InChI=1S/C8H18OSi/c1-5-6-8(4,9-10)7(2)3/h5,7H,1,6H2,2-4,10H3. The van der Waals surface area contributed by atoms with Crippen LogP contribution in [0.2, 0.25) is 0 Å². The van der Waals surface area contributed by atoms with Gasteiger partial charge in [-0.3, -0.25) is 0 Å². The van der Waals surface area contributed by atoms with Gasteiger partial charge in [0, 0.05) is 0 Å². The van der Waals surface area contributed by atoms with Crippen LogP contribution in [0.25, 0.3) is 0 Å². The van der Waals surface area contributed by atoms with Gasteiger partial charge in [0.2, 0.25) is 0 Å². The molecular weight excluding hydrogens is 140 g/mol. The predicted molar refractivity (Wildman–Crippen MR) is 49.1 cm³/mol. The van der Waals surface area contributed by atoms with Gasteiger partial charge in [-0.25, -0.2) is 0 Å². The van der Waals surface area contributed by atoms with Crippen LogP contribution in [0.3, 0.4) is 0 Å². The van der Waals surface area contributed by atoms with Crippen molar-refractivity contribution in [2.75, 3.05) is 0 Å². The summed E-state index contributed by atoms with van der Waals surface area (Å²) in [5.74, 6) is 0.572. The minimum atomic E-state index is 0.0357. The summed E-state index contributed by atoms with van der Waals surface area (Å²) in [4.78, 5) is 0. The summed E-state index contributed by atoms with van der Waals surface area (Å²) in [6.45, 7) is 10.2. The van der Waals surface area contributed by atoms with Gasteiger partial charge < -0.3 is 4.43 Å². The molecule has 0 aromatic heterocycles. The number of hydrogen-bond donors (Lipinski definition) is 0. The molecule has 0 spiro atoms. The Balaban J connectivity index is 4.07. The molecule has 0 N–H and O–H groups in total. The van der Waals surface area contributed by atoms with E-state index in [2.05, 4.69) is 27.4 Å². The minimum Gasteiger partial charge on any atom is -0.422 e. The molecule has 1 nitrogen and oxygen atoms in total. The summed E-state index contributed by atoms with van der Waals surface area (Å²) in [5.41, 5.74) is 0.0357. The molecule has 0 saturated heterocycles. The van der Waals surface area contributed by atoms with Crippen LogP contribution in [0, 0.1) is 5.92 Å². The second kappa shape index (κ2) is 3.94. The van der Waals surface area contributed by atoms with E-state index in [-0.39, 0.29) is 5.60 Å². The van der Waals surface area contributed by atoms with Crippen molar-refractivity contribution >= 4 is 10.5 Å². The fraction of sp³-hybridized carbons (Fsp3) is 0.750. The number of hydrogen-bond acceptors (Lipinski definition) is 1. The van der Waals surface area contributed by atoms with E-state index in [1.807, 2.05) is 6.08 Å². The van der Waals surface area contributed by atoms with Crippen LogP contribution in [0.1, 0.15) is 27.2 Å². The van der Waals surface area contributed by atoms with Crippen LogP contribution in [0.4, 0.5) is 0 Å². The van der Waals surface area contributed by atoms with Gasteiger partial charge in [-0.05, 0) is 19.3 Å². The zero-order chi connectivity index (χ0) is 8.20. The molecule has 0 aliphatic heterocycles. The molecule has 0 rings (SSSR count). The molecule has 0 amide bonds. The van der Waals surface area contributed by atoms with Gasteiger partial charge in [0.05, 0.1) is 5.60 Å². The van der Waals surface area contributed by atoms with E-state index in [0.717, 1.165) is 16.9 Å². The topological polar surface area (TPSA) is 9.23 Å². The molecule has 10 heavy (non-hydrogen) atoms. The summed E-state index contributed by atoms with van der Waals surface area (Å²) in [7, 11) is 0.811. The molecule has 1 atom stereocenters. The van der Waals surface area contributed by atoms with E-state index in [1.165, 1.54) is 0 Å². The van der Waals surface area contributed by atoms with Crippen LogP contribution in [-0.4, -0.2) is 16.1 Å². The first-order valence-electron chi connectivity index (χ1n) is 3.73. The number of rotatable bonds is 4. The Morgan fingerprint density at radius 3 is 2.30 bits per heavy atom. The van der Waals surface area contributed by atoms with Gasteiger partial charge in [-0.15, -0.1) is 6.58 Å². The zero-order valence-corrected chi connectivity index (χ0v) is 9.48. The van der Waals surface area contributed by atoms with E-state index < -0.39 is 0 Å². The molecule has 60 valence electrons. The van der Waals surface area contributed by atoms with Crippen molar-refractivity contribution in [3.63, 3.8) is 0 Å². The van der Waals surface area contributed by atoms with Crippen molar-refractivity contribution in [1.29, 1.82) is 0 Å². The molecule has 0 bridgehead atoms. The van der Waals surface area contributed by atoms with Crippen LogP contribution < -0.4 is 0 Å². The maximum Gasteiger partial charge on any atom is 0.146 e. The van der Waals surface area contributed by atoms with Crippen LogP contribution in [0.15, 0.2) is 12.7 Å². The van der Waals surface area contributed by atoms with E-state index >= 15 is 0 Å². The maximum atomic E-state index is 5.51. The van der Waals surface area contributed by atoms with E-state index in [4.69, 9.17) is 4.43 Å².